The van der Waals surface area contributed by atoms with Gasteiger partial charge in [0.1, 0.15) is 0 Å². The van der Waals surface area contributed by atoms with E-state index < -0.39 is 28.2 Å². The second-order valence-corrected chi connectivity index (χ2v) is 5.68. The molecule has 0 unspecified atom stereocenters. The van der Waals surface area contributed by atoms with Crippen LogP contribution in [-0.4, -0.2) is 34.7 Å². The summed E-state index contributed by atoms with van der Waals surface area (Å²) in [6.45, 7) is 1.82. The molecule has 28 heavy (non-hydrogen) atoms. The molecule has 10 nitrogen and oxygen atoms in total. The normalized spacial score (nSPS) is 10.5. The number of nitrogens with zero attached hydrogens (tertiary/aromatic N) is 2. The van der Waals surface area contributed by atoms with E-state index in [9.17, 15) is 24.8 Å². The highest BCUT2D eigenvalue weighted by Crippen LogP contribution is 2.36. The monoisotopic (exact) mass is 406 g/mol. The van der Waals surface area contributed by atoms with Gasteiger partial charge in [-0.25, -0.2) is 5.43 Å². The van der Waals surface area contributed by atoms with Crippen LogP contribution in [0.25, 0.3) is 0 Å². The van der Waals surface area contributed by atoms with Gasteiger partial charge in [0.05, 0.1) is 17.7 Å². The number of nitrogens with one attached hydrogen (secondary N) is 2. The molecular weight excluding hydrogens is 392 g/mol. The predicted octanol–water partition coefficient (Wildman–Crippen LogP) is 2.44. The quantitative estimate of drug-likeness (QED) is 0.291. The van der Waals surface area contributed by atoms with Crippen molar-refractivity contribution in [3.63, 3.8) is 0 Å². The van der Waals surface area contributed by atoms with E-state index in [4.69, 9.17) is 16.3 Å². The molecule has 2 rings (SSSR count). The number of hydrazone groups is 1. The molecule has 2 amide bonds. The Balaban J connectivity index is 2.07. The molecule has 3 N–H and O–H groups in total. The molecule has 0 atom stereocenters. The third kappa shape index (κ3) is 5.42. The number of halogens is 1. The van der Waals surface area contributed by atoms with Gasteiger partial charge >= 0.3 is 17.5 Å². The Labute approximate surface area is 163 Å². The number of hydrogen-bond acceptors (Lipinski definition) is 7. The molecule has 0 aliphatic carbocycles. The molecule has 0 bridgehead atoms. The van der Waals surface area contributed by atoms with Crippen LogP contribution in [0.3, 0.4) is 0 Å². The van der Waals surface area contributed by atoms with Crippen molar-refractivity contribution in [1.82, 2.24) is 5.43 Å². The fourth-order valence-corrected chi connectivity index (χ4v) is 2.25. The SMILES string of the molecule is CCOc1cc(/C=N/NC(=O)C(=O)Nc2cccc(Cl)c2)cc([N+](=O)[O-])c1O. The van der Waals surface area contributed by atoms with Crippen molar-refractivity contribution in [3.8, 4) is 11.5 Å². The molecule has 0 fully saturated rings. The average Bonchev–Trinajstić information content (AvgIpc) is 2.63. The minimum atomic E-state index is -1.06. The van der Waals surface area contributed by atoms with Crippen molar-refractivity contribution in [3.05, 3.63) is 57.1 Å². The van der Waals surface area contributed by atoms with Crippen LogP contribution in [0, 0.1) is 10.1 Å². The summed E-state index contributed by atoms with van der Waals surface area (Å²) in [7, 11) is 0. The number of nitro benzene ring substituents is 1. The second kappa shape index (κ2) is 9.33. The van der Waals surface area contributed by atoms with Gasteiger partial charge in [0, 0.05) is 22.3 Å². The van der Waals surface area contributed by atoms with Gasteiger partial charge in [-0.1, -0.05) is 17.7 Å². The highest BCUT2D eigenvalue weighted by atomic mass is 35.5. The number of carbonyl (C=O) groups excluding carboxylic acids is 2. The van der Waals surface area contributed by atoms with Gasteiger partial charge in [0.15, 0.2) is 5.75 Å². The number of hydrogen-bond donors (Lipinski definition) is 3. The molecule has 0 aliphatic heterocycles. The summed E-state index contributed by atoms with van der Waals surface area (Å²) in [5.41, 5.74) is 1.90. The van der Waals surface area contributed by atoms with Gasteiger partial charge in [-0.05, 0) is 31.2 Å². The molecule has 146 valence electrons. The van der Waals surface area contributed by atoms with Crippen molar-refractivity contribution < 1.29 is 24.4 Å². The number of phenols is 1. The van der Waals surface area contributed by atoms with Gasteiger partial charge in [-0.2, -0.15) is 5.10 Å². The number of carbonyl (C=O) groups is 2. The Hall–Kier alpha value is -3.66. The summed E-state index contributed by atoms with van der Waals surface area (Å²) in [5.74, 6) is -2.77. The van der Waals surface area contributed by atoms with E-state index in [0.29, 0.717) is 10.7 Å². The fraction of sp³-hybridized carbons (Fsp3) is 0.118. The molecular formula is C17H15ClN4O6. The van der Waals surface area contributed by atoms with Crippen LogP contribution in [0.2, 0.25) is 5.02 Å². The molecule has 2 aromatic carbocycles. The number of amides is 2. The van der Waals surface area contributed by atoms with Crippen LogP contribution in [-0.2, 0) is 9.59 Å². The summed E-state index contributed by atoms with van der Waals surface area (Å²) < 4.78 is 5.13. The molecule has 0 saturated heterocycles. The highest BCUT2D eigenvalue weighted by molar-refractivity contribution is 6.39. The average molecular weight is 407 g/mol. The maximum Gasteiger partial charge on any atom is 0.329 e. The third-order valence-corrected chi connectivity index (χ3v) is 3.48. The maximum absolute atomic E-state index is 11.8. The summed E-state index contributed by atoms with van der Waals surface area (Å²) >= 11 is 5.79. The van der Waals surface area contributed by atoms with Gasteiger partial charge in [0.25, 0.3) is 0 Å². The standard InChI is InChI=1S/C17H15ClN4O6/c1-2-28-14-7-10(6-13(15(14)23)22(26)27)9-19-21-17(25)16(24)20-12-5-3-4-11(18)8-12/h3-9,23H,2H2,1H3,(H,20,24)(H,21,25)/b19-9+. The number of anilines is 1. The Kier molecular flexibility index (Phi) is 6.88. The molecule has 0 saturated carbocycles. The molecule has 0 aliphatic rings. The molecule has 11 heteroatoms. The van der Waals surface area contributed by atoms with E-state index in [1.165, 1.54) is 12.1 Å². The van der Waals surface area contributed by atoms with Crippen LogP contribution in [0.15, 0.2) is 41.5 Å². The lowest BCUT2D eigenvalue weighted by molar-refractivity contribution is -0.386. The number of nitro groups is 1. The first kappa shape index (κ1) is 20.6. The molecule has 0 spiro atoms. The summed E-state index contributed by atoms with van der Waals surface area (Å²) in [6, 6.07) is 8.55. The lowest BCUT2D eigenvalue weighted by atomic mass is 10.2. The zero-order valence-corrected chi connectivity index (χ0v) is 15.3. The van der Waals surface area contributed by atoms with Crippen molar-refractivity contribution in [2.75, 3.05) is 11.9 Å². The van der Waals surface area contributed by atoms with E-state index in [0.717, 1.165) is 12.3 Å². The topological polar surface area (TPSA) is 143 Å². The Morgan fingerprint density at radius 3 is 2.71 bits per heavy atom. The van der Waals surface area contributed by atoms with E-state index >= 15 is 0 Å². The number of phenolic OH excluding ortho intramolecular Hbond substituents is 1. The predicted molar refractivity (Wildman–Crippen MR) is 102 cm³/mol. The maximum atomic E-state index is 11.8. The third-order valence-electron chi connectivity index (χ3n) is 3.24. The van der Waals surface area contributed by atoms with Crippen LogP contribution in [0.1, 0.15) is 12.5 Å². The first-order valence-electron chi connectivity index (χ1n) is 7.86. The van der Waals surface area contributed by atoms with E-state index in [2.05, 4.69) is 10.4 Å². The molecule has 0 aromatic heterocycles. The lowest BCUT2D eigenvalue weighted by Crippen LogP contribution is -2.32. The molecule has 0 heterocycles. The fourth-order valence-electron chi connectivity index (χ4n) is 2.06. The summed E-state index contributed by atoms with van der Waals surface area (Å²) in [5, 5.41) is 27.1. The van der Waals surface area contributed by atoms with Gasteiger partial charge < -0.3 is 15.2 Å². The second-order valence-electron chi connectivity index (χ2n) is 5.24. The largest absolute Gasteiger partial charge is 0.500 e. The lowest BCUT2D eigenvalue weighted by Gasteiger charge is -2.07. The smallest absolute Gasteiger partial charge is 0.329 e. The van der Waals surface area contributed by atoms with Crippen LogP contribution in [0.5, 0.6) is 11.5 Å². The van der Waals surface area contributed by atoms with Crippen molar-refractivity contribution >= 4 is 41.0 Å². The van der Waals surface area contributed by atoms with Crippen molar-refractivity contribution in [2.45, 2.75) is 6.92 Å². The first-order valence-corrected chi connectivity index (χ1v) is 8.23. The Bertz CT molecular complexity index is 947. The van der Waals surface area contributed by atoms with E-state index in [1.807, 2.05) is 5.43 Å². The number of rotatable bonds is 6. The molecule has 0 radical (unpaired) electrons. The van der Waals surface area contributed by atoms with Gasteiger partial charge in [-0.3, -0.25) is 19.7 Å². The van der Waals surface area contributed by atoms with Crippen molar-refractivity contribution in [1.29, 1.82) is 0 Å². The zero-order chi connectivity index (χ0) is 20.7. The number of aromatic hydroxyl groups is 1. The summed E-state index contributed by atoms with van der Waals surface area (Å²) in [4.78, 5) is 33.8. The zero-order valence-electron chi connectivity index (χ0n) is 14.5. The van der Waals surface area contributed by atoms with Crippen LogP contribution >= 0.6 is 11.6 Å². The minimum absolute atomic E-state index is 0.108. The highest BCUT2D eigenvalue weighted by Gasteiger charge is 2.20. The Morgan fingerprint density at radius 1 is 1.32 bits per heavy atom. The number of ether oxygens (including phenoxy) is 1. The minimum Gasteiger partial charge on any atom is -0.500 e. The first-order chi connectivity index (χ1) is 13.3. The van der Waals surface area contributed by atoms with E-state index in [-0.39, 0.29) is 17.9 Å². The van der Waals surface area contributed by atoms with Gasteiger partial charge in [-0.15, -0.1) is 0 Å². The number of benzene rings is 2. The molecule has 2 aromatic rings. The van der Waals surface area contributed by atoms with Crippen LogP contribution < -0.4 is 15.5 Å². The van der Waals surface area contributed by atoms with Crippen molar-refractivity contribution in [2.24, 2.45) is 5.10 Å². The summed E-state index contributed by atoms with van der Waals surface area (Å²) in [6.07, 6.45) is 1.07. The van der Waals surface area contributed by atoms with Crippen LogP contribution in [0.4, 0.5) is 11.4 Å². The Morgan fingerprint density at radius 2 is 2.07 bits per heavy atom. The van der Waals surface area contributed by atoms with Gasteiger partial charge in [0.2, 0.25) is 5.75 Å². The van der Waals surface area contributed by atoms with E-state index in [1.54, 1.807) is 25.1 Å².